The van der Waals surface area contributed by atoms with E-state index in [0.29, 0.717) is 6.04 Å². The first kappa shape index (κ1) is 10.5. The van der Waals surface area contributed by atoms with Crippen LogP contribution in [0.15, 0.2) is 29.7 Å². The summed E-state index contributed by atoms with van der Waals surface area (Å²) in [5.41, 5.74) is 0. The molecule has 3 rings (SSSR count). The summed E-state index contributed by atoms with van der Waals surface area (Å²) in [6.45, 7) is 2.31. The minimum absolute atomic E-state index is 0.610. The number of hydrogen-bond donors (Lipinski definition) is 1. The summed E-state index contributed by atoms with van der Waals surface area (Å²) in [5, 5.41) is 5.95. The van der Waals surface area contributed by atoms with Crippen LogP contribution in [0.5, 0.6) is 0 Å². The van der Waals surface area contributed by atoms with E-state index in [-0.39, 0.29) is 0 Å². The second kappa shape index (κ2) is 4.34. The largest absolute Gasteiger partial charge is 0.311 e. The molecule has 1 nitrogen and oxygen atoms in total. The lowest BCUT2D eigenvalue weighted by Crippen LogP contribution is -2.51. The van der Waals surface area contributed by atoms with Gasteiger partial charge in [-0.1, -0.05) is 18.2 Å². The van der Waals surface area contributed by atoms with Gasteiger partial charge in [-0.2, -0.15) is 0 Å². The Labute approximate surface area is 102 Å². The molecular formula is C14H19NS. The van der Waals surface area contributed by atoms with Gasteiger partial charge in [-0.05, 0) is 49.5 Å². The quantitative estimate of drug-likeness (QED) is 0.787. The number of thiophene rings is 1. The summed E-state index contributed by atoms with van der Waals surface area (Å²) >= 11 is 1.87. The maximum Gasteiger partial charge on any atom is 0.0138 e. The van der Waals surface area contributed by atoms with Crippen molar-refractivity contribution in [3.05, 3.63) is 34.5 Å². The second-order valence-corrected chi connectivity index (χ2v) is 6.23. The van der Waals surface area contributed by atoms with Crippen molar-refractivity contribution < 1.29 is 0 Å². The van der Waals surface area contributed by atoms with Crippen LogP contribution < -0.4 is 5.32 Å². The highest BCUT2D eigenvalue weighted by molar-refractivity contribution is 7.09. The number of fused-ring (bicyclic) bond motifs is 1. The second-order valence-electron chi connectivity index (χ2n) is 5.19. The molecule has 2 aliphatic rings. The van der Waals surface area contributed by atoms with Gasteiger partial charge in [0.2, 0.25) is 0 Å². The fraction of sp³-hybridized carbons (Fsp3) is 0.571. The smallest absolute Gasteiger partial charge is 0.0138 e. The van der Waals surface area contributed by atoms with Crippen LogP contribution in [0, 0.1) is 11.8 Å². The zero-order valence-electron chi connectivity index (χ0n) is 9.73. The van der Waals surface area contributed by atoms with Gasteiger partial charge in [0.25, 0.3) is 0 Å². The van der Waals surface area contributed by atoms with Crippen molar-refractivity contribution in [1.29, 1.82) is 0 Å². The lowest BCUT2D eigenvalue weighted by molar-refractivity contribution is 0.152. The molecule has 2 aliphatic carbocycles. The van der Waals surface area contributed by atoms with E-state index in [9.17, 15) is 0 Å². The predicted molar refractivity (Wildman–Crippen MR) is 69.8 cm³/mol. The fourth-order valence-electron chi connectivity index (χ4n) is 3.06. The number of hydrogen-bond acceptors (Lipinski definition) is 2. The van der Waals surface area contributed by atoms with Gasteiger partial charge in [0, 0.05) is 17.0 Å². The Bertz CT molecular complexity index is 368. The summed E-state index contributed by atoms with van der Waals surface area (Å²) in [4.78, 5) is 1.50. The molecule has 1 heterocycles. The van der Waals surface area contributed by atoms with E-state index in [1.54, 1.807) is 0 Å². The van der Waals surface area contributed by atoms with Crippen LogP contribution in [-0.2, 0) is 6.42 Å². The molecule has 4 unspecified atom stereocenters. The number of nitrogens with one attached hydrogen (secondary N) is 1. The van der Waals surface area contributed by atoms with Crippen LogP contribution in [0.25, 0.3) is 0 Å². The average Bonchev–Trinajstić information content (AvgIpc) is 2.84. The summed E-state index contributed by atoms with van der Waals surface area (Å²) in [6.07, 6.45) is 8.66. The van der Waals surface area contributed by atoms with Crippen molar-refractivity contribution in [3.8, 4) is 0 Å². The topological polar surface area (TPSA) is 12.0 Å². The molecule has 0 spiro atoms. The first-order chi connectivity index (χ1) is 7.83. The first-order valence-corrected chi connectivity index (χ1v) is 7.16. The fourth-order valence-corrected chi connectivity index (χ4v) is 3.90. The molecule has 16 heavy (non-hydrogen) atoms. The molecule has 1 aromatic heterocycles. The van der Waals surface area contributed by atoms with E-state index in [1.165, 1.54) is 24.1 Å². The predicted octanol–water partition coefficient (Wildman–Crippen LogP) is 3.23. The molecule has 0 aromatic carbocycles. The van der Waals surface area contributed by atoms with E-state index < -0.39 is 0 Å². The number of allylic oxidation sites excluding steroid dienone is 1. The van der Waals surface area contributed by atoms with Gasteiger partial charge in [0.05, 0.1) is 0 Å². The van der Waals surface area contributed by atoms with Gasteiger partial charge in [-0.3, -0.25) is 0 Å². The molecular weight excluding hydrogens is 214 g/mol. The molecule has 0 aliphatic heterocycles. The molecule has 0 radical (unpaired) electrons. The van der Waals surface area contributed by atoms with Crippen LogP contribution in [0.1, 0.15) is 24.6 Å². The Morgan fingerprint density at radius 2 is 2.50 bits per heavy atom. The van der Waals surface area contributed by atoms with Crippen LogP contribution in [0.3, 0.4) is 0 Å². The van der Waals surface area contributed by atoms with Crippen LogP contribution >= 0.6 is 11.3 Å². The van der Waals surface area contributed by atoms with E-state index in [1.807, 2.05) is 11.3 Å². The highest BCUT2D eigenvalue weighted by Crippen LogP contribution is 2.42. The maximum atomic E-state index is 3.78. The maximum absolute atomic E-state index is 3.78. The molecule has 2 heteroatoms. The summed E-state index contributed by atoms with van der Waals surface area (Å²) in [6, 6.07) is 5.74. The summed E-state index contributed by atoms with van der Waals surface area (Å²) in [5.74, 6) is 1.80. The minimum atomic E-state index is 0.610. The highest BCUT2D eigenvalue weighted by Gasteiger charge is 2.41. The molecule has 86 valence electrons. The van der Waals surface area contributed by atoms with E-state index in [0.717, 1.165) is 17.9 Å². The average molecular weight is 233 g/mol. The van der Waals surface area contributed by atoms with Gasteiger partial charge in [-0.15, -0.1) is 11.3 Å². The third-order valence-electron chi connectivity index (χ3n) is 3.95. The molecule has 1 saturated carbocycles. The SMILES string of the molecule is CC(Cc1cccs1)NC1CC2CC=CC21. The molecule has 1 N–H and O–H groups in total. The molecule has 0 amide bonds. The van der Waals surface area contributed by atoms with Crippen molar-refractivity contribution in [1.82, 2.24) is 5.32 Å². The summed E-state index contributed by atoms with van der Waals surface area (Å²) in [7, 11) is 0. The van der Waals surface area contributed by atoms with Gasteiger partial charge >= 0.3 is 0 Å². The lowest BCUT2D eigenvalue weighted by Gasteiger charge is -2.42. The Kier molecular flexibility index (Phi) is 2.86. The molecule has 1 aromatic rings. The zero-order valence-corrected chi connectivity index (χ0v) is 10.5. The Hall–Kier alpha value is -0.600. The van der Waals surface area contributed by atoms with Gasteiger partial charge in [-0.25, -0.2) is 0 Å². The van der Waals surface area contributed by atoms with Crippen molar-refractivity contribution in [3.63, 3.8) is 0 Å². The lowest BCUT2D eigenvalue weighted by atomic mass is 9.71. The number of rotatable bonds is 4. The third-order valence-corrected chi connectivity index (χ3v) is 4.85. The highest BCUT2D eigenvalue weighted by atomic mass is 32.1. The van der Waals surface area contributed by atoms with E-state index >= 15 is 0 Å². The Balaban J connectivity index is 1.50. The van der Waals surface area contributed by atoms with Crippen molar-refractivity contribution in [2.45, 2.75) is 38.3 Å². The zero-order chi connectivity index (χ0) is 11.0. The van der Waals surface area contributed by atoms with E-state index in [4.69, 9.17) is 0 Å². The third kappa shape index (κ3) is 1.96. The molecule has 0 saturated heterocycles. The molecule has 4 atom stereocenters. The Morgan fingerprint density at radius 1 is 1.56 bits per heavy atom. The minimum Gasteiger partial charge on any atom is -0.311 e. The van der Waals surface area contributed by atoms with Crippen molar-refractivity contribution in [2.24, 2.45) is 11.8 Å². The first-order valence-electron chi connectivity index (χ1n) is 6.28. The monoisotopic (exact) mass is 233 g/mol. The van der Waals surface area contributed by atoms with Crippen LogP contribution in [-0.4, -0.2) is 12.1 Å². The van der Waals surface area contributed by atoms with Crippen molar-refractivity contribution in [2.75, 3.05) is 0 Å². The molecule has 0 bridgehead atoms. The van der Waals surface area contributed by atoms with Gasteiger partial charge in [0.15, 0.2) is 0 Å². The standard InChI is InChI=1S/C14H19NS/c1-10(8-12-5-3-7-16-12)15-14-9-11-4-2-6-13(11)14/h2-3,5-7,10-11,13-15H,4,8-9H2,1H3. The Morgan fingerprint density at radius 3 is 3.25 bits per heavy atom. The van der Waals surface area contributed by atoms with Gasteiger partial charge < -0.3 is 5.32 Å². The van der Waals surface area contributed by atoms with Crippen LogP contribution in [0.4, 0.5) is 0 Å². The summed E-state index contributed by atoms with van der Waals surface area (Å²) < 4.78 is 0. The normalized spacial score (nSPS) is 33.4. The van der Waals surface area contributed by atoms with E-state index in [2.05, 4.69) is 41.9 Å². The van der Waals surface area contributed by atoms with Crippen LogP contribution in [0.2, 0.25) is 0 Å². The van der Waals surface area contributed by atoms with Crippen molar-refractivity contribution >= 4 is 11.3 Å². The molecule has 1 fully saturated rings. The van der Waals surface area contributed by atoms with Gasteiger partial charge in [0.1, 0.15) is 0 Å².